The first-order valence-corrected chi connectivity index (χ1v) is 8.10. The number of aliphatic hydroxyl groups excluding tert-OH is 1. The smallest absolute Gasteiger partial charge is 0.116 e. The van der Waals surface area contributed by atoms with Crippen molar-refractivity contribution in [3.63, 3.8) is 0 Å². The van der Waals surface area contributed by atoms with E-state index in [0.717, 1.165) is 23.8 Å². The van der Waals surface area contributed by atoms with Gasteiger partial charge >= 0.3 is 0 Å². The van der Waals surface area contributed by atoms with E-state index in [-0.39, 0.29) is 6.10 Å². The Labute approximate surface area is 132 Å². The second kappa shape index (κ2) is 6.13. The molecule has 2 aliphatic carbocycles. The van der Waals surface area contributed by atoms with Crippen LogP contribution >= 0.6 is 0 Å². The Kier molecular flexibility index (Phi) is 4.21. The zero-order valence-electron chi connectivity index (χ0n) is 13.3. The number of benzene rings is 2. The van der Waals surface area contributed by atoms with E-state index < -0.39 is 0 Å². The van der Waals surface area contributed by atoms with Crippen LogP contribution in [0, 0.1) is 25.7 Å². The topological polar surface area (TPSA) is 40.5 Å². The van der Waals surface area contributed by atoms with E-state index in [1.165, 1.54) is 29.5 Å². The Bertz CT molecular complexity index is 663. The molecule has 3 unspecified atom stereocenters. The van der Waals surface area contributed by atoms with E-state index in [0.29, 0.717) is 5.75 Å². The first-order valence-electron chi connectivity index (χ1n) is 8.10. The van der Waals surface area contributed by atoms with E-state index in [9.17, 15) is 5.11 Å². The number of rotatable bonds is 1. The van der Waals surface area contributed by atoms with Crippen LogP contribution in [-0.4, -0.2) is 16.3 Å². The van der Waals surface area contributed by atoms with Crippen LogP contribution in [0.25, 0.3) is 11.1 Å². The van der Waals surface area contributed by atoms with Gasteiger partial charge in [-0.2, -0.15) is 0 Å². The Balaban J connectivity index is 0.000000169. The lowest BCUT2D eigenvalue weighted by molar-refractivity contribution is 0.159. The monoisotopic (exact) mass is 296 g/mol. The van der Waals surface area contributed by atoms with Crippen molar-refractivity contribution in [3.05, 3.63) is 53.6 Å². The molecule has 2 nitrogen and oxygen atoms in total. The quantitative estimate of drug-likeness (QED) is 0.816. The Hall–Kier alpha value is -1.80. The lowest BCUT2D eigenvalue weighted by Crippen LogP contribution is -2.02. The van der Waals surface area contributed by atoms with Gasteiger partial charge in [0.2, 0.25) is 0 Å². The number of hydrogen-bond acceptors (Lipinski definition) is 2. The number of aryl methyl sites for hydroxylation is 2. The van der Waals surface area contributed by atoms with Crippen LogP contribution in [0.3, 0.4) is 0 Å². The zero-order chi connectivity index (χ0) is 15.7. The predicted octanol–water partition coefficient (Wildman–Crippen LogP) is 4.45. The molecule has 0 bridgehead atoms. The minimum Gasteiger partial charge on any atom is -0.508 e. The largest absolute Gasteiger partial charge is 0.508 e. The van der Waals surface area contributed by atoms with Crippen molar-refractivity contribution in [2.24, 2.45) is 11.8 Å². The van der Waals surface area contributed by atoms with Gasteiger partial charge in [-0.15, -0.1) is 0 Å². The average Bonchev–Trinajstić information content (AvgIpc) is 3.21. The van der Waals surface area contributed by atoms with Crippen LogP contribution in [-0.2, 0) is 0 Å². The summed E-state index contributed by atoms with van der Waals surface area (Å²) in [5.41, 5.74) is 4.70. The third-order valence-electron chi connectivity index (χ3n) is 4.96. The summed E-state index contributed by atoms with van der Waals surface area (Å²) in [7, 11) is 0. The van der Waals surface area contributed by atoms with E-state index in [1.807, 2.05) is 24.3 Å². The Morgan fingerprint density at radius 1 is 0.909 bits per heavy atom. The first kappa shape index (κ1) is 15.1. The highest BCUT2D eigenvalue weighted by atomic mass is 16.3. The van der Waals surface area contributed by atoms with Crippen molar-refractivity contribution in [2.75, 3.05) is 0 Å². The molecular formula is C20H24O2. The minimum absolute atomic E-state index is 0.0880. The molecule has 3 atom stereocenters. The van der Waals surface area contributed by atoms with Gasteiger partial charge in [0, 0.05) is 0 Å². The third-order valence-corrected chi connectivity index (χ3v) is 4.96. The van der Waals surface area contributed by atoms with Gasteiger partial charge in [0.1, 0.15) is 5.75 Å². The van der Waals surface area contributed by atoms with Gasteiger partial charge in [-0.3, -0.25) is 0 Å². The highest BCUT2D eigenvalue weighted by Gasteiger charge is 2.47. The molecule has 0 amide bonds. The van der Waals surface area contributed by atoms with E-state index in [4.69, 9.17) is 5.11 Å². The summed E-state index contributed by atoms with van der Waals surface area (Å²) >= 11 is 0. The molecule has 4 rings (SSSR count). The number of hydrogen-bond donors (Lipinski definition) is 2. The highest BCUT2D eigenvalue weighted by molar-refractivity contribution is 5.71. The number of phenols is 1. The van der Waals surface area contributed by atoms with Gasteiger partial charge in [-0.05, 0) is 79.3 Å². The van der Waals surface area contributed by atoms with Crippen LogP contribution in [0.15, 0.2) is 42.5 Å². The second-order valence-corrected chi connectivity index (χ2v) is 6.62. The van der Waals surface area contributed by atoms with E-state index in [2.05, 4.69) is 26.0 Å². The number of aliphatic hydroxyl groups is 1. The molecule has 0 saturated heterocycles. The minimum atomic E-state index is 0.0880. The maximum Gasteiger partial charge on any atom is 0.116 e. The molecule has 22 heavy (non-hydrogen) atoms. The van der Waals surface area contributed by atoms with Crippen molar-refractivity contribution in [2.45, 2.75) is 39.2 Å². The van der Waals surface area contributed by atoms with Gasteiger partial charge in [-0.25, -0.2) is 0 Å². The number of aromatic hydroxyl groups is 1. The summed E-state index contributed by atoms with van der Waals surface area (Å²) in [5, 5.41) is 18.5. The molecule has 2 heteroatoms. The standard InChI is InChI=1S/C14H14O.C6H10O/c1-10-5-3-4-6-13(10)14-9-12(15)8-7-11(14)2;7-6-2-1-4-3-5(4)6/h3-9,15H,1-2H3;4-7H,1-3H2. The molecule has 0 aliphatic heterocycles. The summed E-state index contributed by atoms with van der Waals surface area (Å²) in [6, 6.07) is 13.7. The summed E-state index contributed by atoms with van der Waals surface area (Å²) < 4.78 is 0. The van der Waals surface area contributed by atoms with E-state index in [1.54, 1.807) is 6.07 Å². The lowest BCUT2D eigenvalue weighted by Gasteiger charge is -2.09. The normalized spacial score (nSPS) is 25.1. The van der Waals surface area contributed by atoms with Crippen LogP contribution < -0.4 is 0 Å². The van der Waals surface area contributed by atoms with Crippen molar-refractivity contribution in [3.8, 4) is 16.9 Å². The second-order valence-electron chi connectivity index (χ2n) is 6.62. The van der Waals surface area contributed by atoms with Gasteiger partial charge in [0.25, 0.3) is 0 Å². The van der Waals surface area contributed by atoms with Gasteiger partial charge in [0.05, 0.1) is 6.10 Å². The fourth-order valence-electron chi connectivity index (χ4n) is 3.45. The molecule has 2 fully saturated rings. The van der Waals surface area contributed by atoms with Crippen LogP contribution in [0.1, 0.15) is 30.4 Å². The van der Waals surface area contributed by atoms with Crippen molar-refractivity contribution in [1.82, 2.24) is 0 Å². The molecule has 2 aromatic carbocycles. The Morgan fingerprint density at radius 2 is 1.64 bits per heavy atom. The van der Waals surface area contributed by atoms with Crippen LogP contribution in [0.2, 0.25) is 0 Å². The average molecular weight is 296 g/mol. The van der Waals surface area contributed by atoms with Gasteiger partial charge in [0.15, 0.2) is 0 Å². The zero-order valence-corrected chi connectivity index (χ0v) is 13.3. The number of fused-ring (bicyclic) bond motifs is 1. The molecule has 2 aliphatic rings. The van der Waals surface area contributed by atoms with E-state index >= 15 is 0 Å². The number of phenolic OH excluding ortho intramolecular Hbond substituents is 1. The Morgan fingerprint density at radius 3 is 2.18 bits per heavy atom. The summed E-state index contributed by atoms with van der Waals surface area (Å²) in [6.07, 6.45) is 3.78. The molecule has 116 valence electrons. The molecule has 2 saturated carbocycles. The van der Waals surface area contributed by atoms with Crippen molar-refractivity contribution >= 4 is 0 Å². The molecule has 0 radical (unpaired) electrons. The maximum atomic E-state index is 9.49. The molecule has 0 heterocycles. The molecule has 0 spiro atoms. The maximum absolute atomic E-state index is 9.49. The third kappa shape index (κ3) is 3.17. The van der Waals surface area contributed by atoms with Crippen molar-refractivity contribution in [1.29, 1.82) is 0 Å². The molecule has 2 aromatic rings. The SMILES string of the molecule is Cc1ccccc1-c1cc(O)ccc1C.OC1CCC2CC12. The van der Waals surface area contributed by atoms with Gasteiger partial charge in [-0.1, -0.05) is 30.3 Å². The fraction of sp³-hybridized carbons (Fsp3) is 0.400. The summed E-state index contributed by atoms with van der Waals surface area (Å²) in [5.74, 6) is 1.99. The highest BCUT2D eigenvalue weighted by Crippen LogP contribution is 2.51. The molecular weight excluding hydrogens is 272 g/mol. The van der Waals surface area contributed by atoms with Crippen LogP contribution in [0.4, 0.5) is 0 Å². The van der Waals surface area contributed by atoms with Gasteiger partial charge < -0.3 is 10.2 Å². The van der Waals surface area contributed by atoms with Crippen molar-refractivity contribution < 1.29 is 10.2 Å². The summed E-state index contributed by atoms with van der Waals surface area (Å²) in [6.45, 7) is 4.14. The first-order chi connectivity index (χ1) is 10.6. The van der Waals surface area contributed by atoms with Crippen LogP contribution in [0.5, 0.6) is 5.75 Å². The lowest BCUT2D eigenvalue weighted by atomic mass is 9.96. The fourth-order valence-corrected chi connectivity index (χ4v) is 3.45. The molecule has 0 aromatic heterocycles. The molecule has 2 N–H and O–H groups in total. The summed E-state index contributed by atoms with van der Waals surface area (Å²) in [4.78, 5) is 0. The predicted molar refractivity (Wildman–Crippen MR) is 89.9 cm³/mol.